The molecule has 0 aliphatic heterocycles. The number of hydrogen-bond donors (Lipinski definition) is 0. The first-order valence-electron chi connectivity index (χ1n) is 8.77. The summed E-state index contributed by atoms with van der Waals surface area (Å²) in [6.07, 6.45) is 8.18. The number of esters is 1. The van der Waals surface area contributed by atoms with Gasteiger partial charge in [-0.2, -0.15) is 0 Å². The molecule has 0 radical (unpaired) electrons. The van der Waals surface area contributed by atoms with Crippen LogP contribution in [0, 0.1) is 37.0 Å². The Morgan fingerprint density at radius 1 is 1.05 bits per heavy atom. The van der Waals surface area contributed by atoms with Crippen molar-refractivity contribution < 1.29 is 9.53 Å². The van der Waals surface area contributed by atoms with Crippen LogP contribution >= 0.6 is 0 Å². The van der Waals surface area contributed by atoms with Crippen LogP contribution in [0.5, 0.6) is 0 Å². The topological polar surface area (TPSA) is 26.3 Å². The molecule has 4 aliphatic rings. The predicted octanol–water partition coefficient (Wildman–Crippen LogP) is 4.68. The van der Waals surface area contributed by atoms with Gasteiger partial charge >= 0.3 is 5.97 Å². The van der Waals surface area contributed by atoms with Gasteiger partial charge in [0.2, 0.25) is 0 Å². The van der Waals surface area contributed by atoms with E-state index in [1.54, 1.807) is 0 Å². The molecule has 2 heteroatoms. The zero-order valence-corrected chi connectivity index (χ0v) is 13.7. The van der Waals surface area contributed by atoms with E-state index in [1.807, 2.05) is 25.1 Å². The van der Waals surface area contributed by atoms with Crippen LogP contribution < -0.4 is 0 Å². The lowest BCUT2D eigenvalue weighted by Crippen LogP contribution is -2.48. The molecule has 0 N–H and O–H groups in total. The van der Waals surface area contributed by atoms with Crippen molar-refractivity contribution in [3.05, 3.63) is 34.9 Å². The summed E-state index contributed by atoms with van der Waals surface area (Å²) in [6.45, 7) is 4.76. The molecule has 0 aromatic heterocycles. The number of carbonyl (C=O) groups is 1. The van der Waals surface area contributed by atoms with E-state index in [-0.39, 0.29) is 5.97 Å². The molecule has 4 bridgehead atoms. The zero-order valence-electron chi connectivity index (χ0n) is 13.7. The first-order chi connectivity index (χ1) is 10.5. The molecule has 0 heterocycles. The second kappa shape index (κ2) is 5.11. The largest absolute Gasteiger partial charge is 0.462 e. The second-order valence-electron chi connectivity index (χ2n) is 8.29. The van der Waals surface area contributed by atoms with E-state index in [2.05, 4.69) is 6.92 Å². The van der Waals surface area contributed by atoms with Gasteiger partial charge in [-0.15, -0.1) is 0 Å². The van der Waals surface area contributed by atoms with Gasteiger partial charge in [-0.05, 0) is 93.4 Å². The van der Waals surface area contributed by atoms with Crippen molar-refractivity contribution in [1.29, 1.82) is 0 Å². The third kappa shape index (κ3) is 2.47. The minimum absolute atomic E-state index is 0.140. The Kier molecular flexibility index (Phi) is 3.32. The van der Waals surface area contributed by atoms with Crippen molar-refractivity contribution >= 4 is 5.97 Å². The molecular weight excluding hydrogens is 272 g/mol. The highest BCUT2D eigenvalue weighted by atomic mass is 16.5. The van der Waals surface area contributed by atoms with E-state index in [4.69, 9.17) is 4.74 Å². The molecular formula is C20H26O2. The molecule has 22 heavy (non-hydrogen) atoms. The number of carbonyl (C=O) groups excluding carboxylic acids is 1. The maximum Gasteiger partial charge on any atom is 0.338 e. The summed E-state index contributed by atoms with van der Waals surface area (Å²) >= 11 is 0. The zero-order chi connectivity index (χ0) is 15.3. The normalized spacial score (nSPS) is 35.6. The van der Waals surface area contributed by atoms with Gasteiger partial charge in [0.25, 0.3) is 0 Å². The molecule has 1 aromatic rings. The molecule has 0 amide bonds. The molecule has 5 rings (SSSR count). The van der Waals surface area contributed by atoms with Gasteiger partial charge in [-0.3, -0.25) is 0 Å². The van der Waals surface area contributed by atoms with Crippen LogP contribution in [-0.2, 0) is 4.74 Å². The third-order valence-electron chi connectivity index (χ3n) is 6.42. The van der Waals surface area contributed by atoms with E-state index >= 15 is 0 Å². The van der Waals surface area contributed by atoms with Gasteiger partial charge in [-0.1, -0.05) is 6.07 Å². The molecule has 2 nitrogen and oxygen atoms in total. The van der Waals surface area contributed by atoms with E-state index < -0.39 is 0 Å². The summed E-state index contributed by atoms with van der Waals surface area (Å²) in [5.41, 5.74) is 3.39. The lowest BCUT2D eigenvalue weighted by molar-refractivity contribution is -0.0848. The number of ether oxygens (including phenoxy) is 1. The van der Waals surface area contributed by atoms with Gasteiger partial charge in [0.15, 0.2) is 0 Å². The van der Waals surface area contributed by atoms with Gasteiger partial charge in [0, 0.05) is 5.41 Å². The van der Waals surface area contributed by atoms with E-state index in [0.717, 1.165) is 23.3 Å². The average molecular weight is 298 g/mol. The maximum atomic E-state index is 12.4. The predicted molar refractivity (Wildman–Crippen MR) is 86.8 cm³/mol. The van der Waals surface area contributed by atoms with Crippen LogP contribution in [0.3, 0.4) is 0 Å². The molecule has 4 fully saturated rings. The molecule has 4 aliphatic carbocycles. The molecule has 118 valence electrons. The summed E-state index contributed by atoms with van der Waals surface area (Å²) in [7, 11) is 0. The minimum Gasteiger partial charge on any atom is -0.462 e. The third-order valence-corrected chi connectivity index (χ3v) is 6.42. The first-order valence-corrected chi connectivity index (χ1v) is 8.77. The SMILES string of the molecule is Cc1ccc(C(=O)OCC23CC4CC(CC(C4)C2)C3)cc1C. The smallest absolute Gasteiger partial charge is 0.338 e. The monoisotopic (exact) mass is 298 g/mol. The van der Waals surface area contributed by atoms with Crippen molar-refractivity contribution in [1.82, 2.24) is 0 Å². The Hall–Kier alpha value is -1.31. The van der Waals surface area contributed by atoms with Crippen LogP contribution in [0.2, 0.25) is 0 Å². The van der Waals surface area contributed by atoms with Crippen LogP contribution in [0.25, 0.3) is 0 Å². The van der Waals surface area contributed by atoms with Gasteiger partial charge in [0.1, 0.15) is 0 Å². The van der Waals surface area contributed by atoms with E-state index in [1.165, 1.54) is 44.1 Å². The first kappa shape index (κ1) is 14.3. The number of benzene rings is 1. The fourth-order valence-corrected chi connectivity index (χ4v) is 5.64. The van der Waals surface area contributed by atoms with Crippen molar-refractivity contribution in [3.8, 4) is 0 Å². The minimum atomic E-state index is -0.140. The summed E-state index contributed by atoms with van der Waals surface area (Å²) in [4.78, 5) is 12.4. The van der Waals surface area contributed by atoms with E-state index in [0.29, 0.717) is 17.6 Å². The summed E-state index contributed by atoms with van der Waals surface area (Å²) in [5.74, 6) is 2.59. The summed E-state index contributed by atoms with van der Waals surface area (Å²) in [6, 6.07) is 5.86. The highest BCUT2D eigenvalue weighted by Gasteiger charge is 2.51. The Morgan fingerprint density at radius 3 is 2.18 bits per heavy atom. The Morgan fingerprint density at radius 2 is 1.64 bits per heavy atom. The maximum absolute atomic E-state index is 12.4. The van der Waals surface area contributed by atoms with E-state index in [9.17, 15) is 4.79 Å². The highest BCUT2D eigenvalue weighted by Crippen LogP contribution is 2.60. The molecule has 0 unspecified atom stereocenters. The average Bonchev–Trinajstić information content (AvgIpc) is 2.46. The summed E-state index contributed by atoms with van der Waals surface area (Å²) in [5, 5.41) is 0. The van der Waals surface area contributed by atoms with Crippen molar-refractivity contribution in [2.75, 3.05) is 6.61 Å². The van der Waals surface area contributed by atoms with Gasteiger partial charge in [0.05, 0.1) is 12.2 Å². The van der Waals surface area contributed by atoms with Crippen molar-refractivity contribution in [2.24, 2.45) is 23.2 Å². The second-order valence-corrected chi connectivity index (χ2v) is 8.29. The van der Waals surface area contributed by atoms with Crippen LogP contribution in [0.4, 0.5) is 0 Å². The fraction of sp³-hybridized carbons (Fsp3) is 0.650. The standard InChI is InChI=1S/C20H26O2/c1-13-3-4-18(5-14(13)2)19(21)22-12-20-9-15-6-16(10-20)8-17(7-15)11-20/h3-5,15-17H,6-12H2,1-2H3. The molecule has 0 spiro atoms. The van der Waals surface area contributed by atoms with Crippen LogP contribution in [-0.4, -0.2) is 12.6 Å². The highest BCUT2D eigenvalue weighted by molar-refractivity contribution is 5.89. The number of rotatable bonds is 3. The van der Waals surface area contributed by atoms with Gasteiger partial charge < -0.3 is 4.74 Å². The molecule has 1 aromatic carbocycles. The molecule has 0 saturated heterocycles. The van der Waals surface area contributed by atoms with Crippen LogP contribution in [0.1, 0.15) is 60.0 Å². The molecule has 0 atom stereocenters. The molecule has 4 saturated carbocycles. The van der Waals surface area contributed by atoms with Crippen LogP contribution in [0.15, 0.2) is 18.2 Å². The van der Waals surface area contributed by atoms with Crippen molar-refractivity contribution in [3.63, 3.8) is 0 Å². The van der Waals surface area contributed by atoms with Gasteiger partial charge in [-0.25, -0.2) is 4.79 Å². The Labute approximate surface area is 133 Å². The number of aryl methyl sites for hydroxylation is 2. The van der Waals surface area contributed by atoms with Crippen molar-refractivity contribution in [2.45, 2.75) is 52.4 Å². The Bertz CT molecular complexity index is 566. The number of hydrogen-bond acceptors (Lipinski definition) is 2. The lowest BCUT2D eigenvalue weighted by atomic mass is 9.50. The lowest BCUT2D eigenvalue weighted by Gasteiger charge is -2.56. The summed E-state index contributed by atoms with van der Waals surface area (Å²) < 4.78 is 5.77. The fourth-order valence-electron chi connectivity index (χ4n) is 5.64. The quantitative estimate of drug-likeness (QED) is 0.758. The Balaban J connectivity index is 1.44.